The summed E-state index contributed by atoms with van der Waals surface area (Å²) in [5.74, 6) is 0. The van der Waals surface area contributed by atoms with Gasteiger partial charge >= 0.3 is 6.18 Å². The third kappa shape index (κ3) is 1.62. The number of anilines is 2. The first kappa shape index (κ1) is 10.5. The Balaban J connectivity index is 2.70. The lowest BCUT2D eigenvalue weighted by atomic mass is 10.1. The van der Waals surface area contributed by atoms with Gasteiger partial charge in [-0.1, -0.05) is 6.07 Å². The molecule has 0 aliphatic rings. The highest BCUT2D eigenvalue weighted by molar-refractivity contribution is 5.95. The molecule has 0 aliphatic carbocycles. The lowest BCUT2D eigenvalue weighted by Crippen LogP contribution is -2.05. The number of nitrogens with two attached hydrogens (primary N) is 2. The Morgan fingerprint density at radius 2 is 1.81 bits per heavy atom. The van der Waals surface area contributed by atoms with E-state index in [0.717, 1.165) is 12.1 Å². The number of pyridine rings is 1. The summed E-state index contributed by atoms with van der Waals surface area (Å²) in [6.45, 7) is 0. The molecule has 4 N–H and O–H groups in total. The van der Waals surface area contributed by atoms with Gasteiger partial charge in [-0.25, -0.2) is 0 Å². The van der Waals surface area contributed by atoms with Crippen molar-refractivity contribution >= 4 is 22.3 Å². The Hall–Kier alpha value is -1.98. The average Bonchev–Trinajstić information content (AvgIpc) is 2.22. The number of halogens is 3. The number of aromatic nitrogens is 1. The molecule has 0 atom stereocenters. The second kappa shape index (κ2) is 3.26. The molecule has 0 aliphatic heterocycles. The molecule has 0 fully saturated rings. The average molecular weight is 227 g/mol. The number of alkyl halides is 3. The van der Waals surface area contributed by atoms with Gasteiger partial charge in [0.25, 0.3) is 0 Å². The first-order valence-electron chi connectivity index (χ1n) is 4.40. The van der Waals surface area contributed by atoms with Crippen molar-refractivity contribution in [2.24, 2.45) is 0 Å². The van der Waals surface area contributed by atoms with E-state index in [-0.39, 0.29) is 16.9 Å². The van der Waals surface area contributed by atoms with Crippen LogP contribution in [0.2, 0.25) is 0 Å². The molecular weight excluding hydrogens is 219 g/mol. The summed E-state index contributed by atoms with van der Waals surface area (Å²) in [6, 6.07) is 3.18. The maximum Gasteiger partial charge on any atom is 0.416 e. The lowest BCUT2D eigenvalue weighted by molar-refractivity contribution is -0.137. The van der Waals surface area contributed by atoms with Crippen LogP contribution < -0.4 is 11.5 Å². The number of nitrogen functional groups attached to an aromatic ring is 2. The molecule has 2 rings (SSSR count). The maximum atomic E-state index is 12.4. The van der Waals surface area contributed by atoms with Crippen LogP contribution in [0.25, 0.3) is 10.9 Å². The van der Waals surface area contributed by atoms with Crippen LogP contribution in [0.3, 0.4) is 0 Å². The van der Waals surface area contributed by atoms with Crippen LogP contribution in [0.15, 0.2) is 24.4 Å². The van der Waals surface area contributed by atoms with Crippen molar-refractivity contribution in [2.75, 3.05) is 11.5 Å². The van der Waals surface area contributed by atoms with Gasteiger partial charge in [0.2, 0.25) is 0 Å². The Morgan fingerprint density at radius 1 is 1.12 bits per heavy atom. The number of benzene rings is 1. The molecule has 0 saturated heterocycles. The predicted molar refractivity (Wildman–Crippen MR) is 55.6 cm³/mol. The molecule has 84 valence electrons. The summed E-state index contributed by atoms with van der Waals surface area (Å²) in [4.78, 5) is 3.81. The zero-order chi connectivity index (χ0) is 11.9. The summed E-state index contributed by atoms with van der Waals surface area (Å²) < 4.78 is 37.2. The number of rotatable bonds is 0. The molecule has 0 saturated carbocycles. The minimum Gasteiger partial charge on any atom is -0.396 e. The SMILES string of the molecule is Nc1cnc2cc(C(F)(F)F)ccc2c1N. The van der Waals surface area contributed by atoms with Gasteiger partial charge in [0, 0.05) is 5.39 Å². The van der Waals surface area contributed by atoms with E-state index in [0.29, 0.717) is 5.39 Å². The largest absolute Gasteiger partial charge is 0.416 e. The molecule has 0 radical (unpaired) electrons. The second-order valence-electron chi connectivity index (χ2n) is 3.36. The Bertz CT molecular complexity index is 549. The molecule has 1 aromatic carbocycles. The molecule has 0 unspecified atom stereocenters. The van der Waals surface area contributed by atoms with Crippen molar-refractivity contribution in [1.82, 2.24) is 4.98 Å². The van der Waals surface area contributed by atoms with Gasteiger partial charge in [-0.05, 0) is 12.1 Å². The van der Waals surface area contributed by atoms with Crippen LogP contribution >= 0.6 is 0 Å². The van der Waals surface area contributed by atoms with Crippen molar-refractivity contribution in [2.45, 2.75) is 6.18 Å². The van der Waals surface area contributed by atoms with Crippen molar-refractivity contribution in [3.8, 4) is 0 Å². The molecule has 16 heavy (non-hydrogen) atoms. The van der Waals surface area contributed by atoms with Gasteiger partial charge in [0.15, 0.2) is 0 Å². The predicted octanol–water partition coefficient (Wildman–Crippen LogP) is 2.42. The minimum atomic E-state index is -4.38. The number of hydrogen-bond acceptors (Lipinski definition) is 3. The van der Waals surface area contributed by atoms with E-state index in [2.05, 4.69) is 4.98 Å². The quantitative estimate of drug-likeness (QED) is 0.726. The Labute approximate surface area is 88.9 Å². The van der Waals surface area contributed by atoms with Crippen LogP contribution in [-0.2, 0) is 6.18 Å². The topological polar surface area (TPSA) is 64.9 Å². The molecule has 0 bridgehead atoms. The van der Waals surface area contributed by atoms with Gasteiger partial charge in [0.05, 0.1) is 28.7 Å². The second-order valence-corrected chi connectivity index (χ2v) is 3.36. The monoisotopic (exact) mass is 227 g/mol. The first-order chi connectivity index (χ1) is 7.39. The van der Waals surface area contributed by atoms with Gasteiger partial charge in [-0.3, -0.25) is 4.98 Å². The van der Waals surface area contributed by atoms with Crippen LogP contribution in [-0.4, -0.2) is 4.98 Å². The highest BCUT2D eigenvalue weighted by atomic mass is 19.4. The molecule has 1 aromatic heterocycles. The van der Waals surface area contributed by atoms with E-state index in [1.54, 1.807) is 0 Å². The molecule has 2 aromatic rings. The fraction of sp³-hybridized carbons (Fsp3) is 0.100. The van der Waals surface area contributed by atoms with E-state index < -0.39 is 11.7 Å². The highest BCUT2D eigenvalue weighted by Crippen LogP contribution is 2.33. The van der Waals surface area contributed by atoms with Crippen molar-refractivity contribution in [3.63, 3.8) is 0 Å². The summed E-state index contributed by atoms with van der Waals surface area (Å²) in [7, 11) is 0. The summed E-state index contributed by atoms with van der Waals surface area (Å²) >= 11 is 0. The highest BCUT2D eigenvalue weighted by Gasteiger charge is 2.30. The zero-order valence-corrected chi connectivity index (χ0v) is 8.05. The fourth-order valence-electron chi connectivity index (χ4n) is 1.41. The Kier molecular flexibility index (Phi) is 2.15. The third-order valence-electron chi connectivity index (χ3n) is 2.27. The van der Waals surface area contributed by atoms with E-state index in [1.165, 1.54) is 12.3 Å². The molecule has 6 heteroatoms. The van der Waals surface area contributed by atoms with Crippen LogP contribution in [0, 0.1) is 0 Å². The third-order valence-corrected chi connectivity index (χ3v) is 2.27. The van der Waals surface area contributed by atoms with Gasteiger partial charge in [-0.15, -0.1) is 0 Å². The fourth-order valence-corrected chi connectivity index (χ4v) is 1.41. The van der Waals surface area contributed by atoms with Crippen LogP contribution in [0.5, 0.6) is 0 Å². The maximum absolute atomic E-state index is 12.4. The van der Waals surface area contributed by atoms with Crippen LogP contribution in [0.1, 0.15) is 5.56 Å². The minimum absolute atomic E-state index is 0.182. The summed E-state index contributed by atoms with van der Waals surface area (Å²) in [5, 5.41) is 0.424. The van der Waals surface area contributed by atoms with E-state index in [1.807, 2.05) is 0 Å². The van der Waals surface area contributed by atoms with Crippen molar-refractivity contribution in [3.05, 3.63) is 30.0 Å². The van der Waals surface area contributed by atoms with Crippen molar-refractivity contribution in [1.29, 1.82) is 0 Å². The first-order valence-corrected chi connectivity index (χ1v) is 4.40. The Morgan fingerprint density at radius 3 is 2.44 bits per heavy atom. The molecular formula is C10H8F3N3. The van der Waals surface area contributed by atoms with E-state index in [4.69, 9.17) is 11.5 Å². The van der Waals surface area contributed by atoms with Gasteiger partial charge < -0.3 is 11.5 Å². The van der Waals surface area contributed by atoms with Crippen LogP contribution in [0.4, 0.5) is 24.5 Å². The van der Waals surface area contributed by atoms with E-state index >= 15 is 0 Å². The number of hydrogen-bond donors (Lipinski definition) is 2. The van der Waals surface area contributed by atoms with Gasteiger partial charge in [0.1, 0.15) is 0 Å². The molecule has 1 heterocycles. The standard InChI is InChI=1S/C10H8F3N3/c11-10(12,13)5-1-2-6-8(3-5)16-4-7(14)9(6)15/h1-4H,14H2,(H2,15,16). The van der Waals surface area contributed by atoms with E-state index in [9.17, 15) is 13.2 Å². The normalized spacial score (nSPS) is 11.9. The van der Waals surface area contributed by atoms with Gasteiger partial charge in [-0.2, -0.15) is 13.2 Å². The molecule has 0 amide bonds. The zero-order valence-electron chi connectivity index (χ0n) is 8.05. The summed E-state index contributed by atoms with van der Waals surface area (Å²) in [6.07, 6.45) is -3.14. The van der Waals surface area contributed by atoms with Crippen molar-refractivity contribution < 1.29 is 13.2 Å². The number of nitrogens with zero attached hydrogens (tertiary/aromatic N) is 1. The molecule has 0 spiro atoms. The lowest BCUT2D eigenvalue weighted by Gasteiger charge is -2.09. The summed E-state index contributed by atoms with van der Waals surface area (Å²) in [5.41, 5.74) is 11.1. The molecule has 3 nitrogen and oxygen atoms in total. The number of fused-ring (bicyclic) bond motifs is 1. The smallest absolute Gasteiger partial charge is 0.396 e.